The molecule has 3 aromatic rings. The molecule has 1 unspecified atom stereocenters. The molecule has 4 rings (SSSR count). The highest BCUT2D eigenvalue weighted by Crippen LogP contribution is 2.46. The van der Waals surface area contributed by atoms with Gasteiger partial charge in [0.1, 0.15) is 0 Å². The number of aromatic carboxylic acids is 1. The molecule has 1 aliphatic carbocycles. The van der Waals surface area contributed by atoms with Crippen molar-refractivity contribution in [3.05, 3.63) is 75.4 Å². The number of halogens is 5. The average molecular weight is 454 g/mol. The molecule has 0 bridgehead atoms. The fourth-order valence-corrected chi connectivity index (χ4v) is 4.34. The van der Waals surface area contributed by atoms with Crippen LogP contribution in [0.1, 0.15) is 40.4 Å². The van der Waals surface area contributed by atoms with Crippen molar-refractivity contribution >= 4 is 29.2 Å². The van der Waals surface area contributed by atoms with Gasteiger partial charge in [0.25, 0.3) is 0 Å². The van der Waals surface area contributed by atoms with Crippen molar-refractivity contribution in [2.75, 3.05) is 0 Å². The van der Waals surface area contributed by atoms with Crippen LogP contribution >= 0.6 is 23.2 Å². The topological polar surface area (TPSA) is 42.2 Å². The number of hydrogen-bond donors (Lipinski definition) is 1. The average Bonchev–Trinajstić information content (AvgIpc) is 3.08. The molecular weight excluding hydrogens is 438 g/mol. The van der Waals surface area contributed by atoms with E-state index in [1.807, 2.05) is 0 Å². The van der Waals surface area contributed by atoms with Gasteiger partial charge >= 0.3 is 12.1 Å². The monoisotopic (exact) mass is 453 g/mol. The molecule has 0 radical (unpaired) electrons. The summed E-state index contributed by atoms with van der Waals surface area (Å²) >= 11 is 12.2. The van der Waals surface area contributed by atoms with E-state index < -0.39 is 18.1 Å². The van der Waals surface area contributed by atoms with Gasteiger partial charge in [-0.3, -0.25) is 0 Å². The quantitative estimate of drug-likeness (QED) is 0.458. The number of aromatic nitrogens is 1. The minimum atomic E-state index is -4.36. The minimum absolute atomic E-state index is 0.0243. The van der Waals surface area contributed by atoms with Crippen LogP contribution < -0.4 is 0 Å². The third kappa shape index (κ3) is 3.70. The number of hydrogen-bond acceptors (Lipinski definition) is 1. The fourth-order valence-electron chi connectivity index (χ4n) is 4.04. The first-order chi connectivity index (χ1) is 14.2. The van der Waals surface area contributed by atoms with Crippen LogP contribution in [0.4, 0.5) is 13.2 Å². The molecule has 156 valence electrons. The zero-order chi connectivity index (χ0) is 21.6. The summed E-state index contributed by atoms with van der Waals surface area (Å²) in [5.74, 6) is -2.67. The highest BCUT2D eigenvalue weighted by Gasteiger charge is 2.44. The Hall–Kier alpha value is -2.44. The van der Waals surface area contributed by atoms with E-state index in [-0.39, 0.29) is 22.6 Å². The third-order valence-electron chi connectivity index (χ3n) is 5.38. The number of benzene rings is 2. The fraction of sp³-hybridized carbons (Fsp3) is 0.227. The molecule has 1 N–H and O–H groups in total. The van der Waals surface area contributed by atoms with Crippen molar-refractivity contribution in [2.45, 2.75) is 31.4 Å². The molecule has 0 amide bonds. The largest absolute Gasteiger partial charge is 0.478 e. The van der Waals surface area contributed by atoms with Crippen LogP contribution in [0.15, 0.2) is 48.5 Å². The summed E-state index contributed by atoms with van der Waals surface area (Å²) in [6.07, 6.45) is -3.49. The van der Waals surface area contributed by atoms with Crippen LogP contribution in [0.25, 0.3) is 16.9 Å². The van der Waals surface area contributed by atoms with Crippen LogP contribution in [-0.4, -0.2) is 21.8 Å². The molecular formula is C22H16Cl2F3NO2. The maximum absolute atomic E-state index is 13.7. The lowest BCUT2D eigenvalue weighted by Crippen LogP contribution is -2.25. The number of rotatable bonds is 3. The van der Waals surface area contributed by atoms with Gasteiger partial charge in [-0.05, 0) is 61.2 Å². The summed E-state index contributed by atoms with van der Waals surface area (Å²) in [6, 6.07) is 12.6. The smallest absolute Gasteiger partial charge is 0.395 e. The molecule has 0 saturated heterocycles. The van der Waals surface area contributed by atoms with Crippen molar-refractivity contribution in [1.82, 2.24) is 4.57 Å². The van der Waals surface area contributed by atoms with E-state index in [2.05, 4.69) is 0 Å². The molecule has 8 heteroatoms. The molecule has 3 nitrogen and oxygen atoms in total. The van der Waals surface area contributed by atoms with Crippen LogP contribution in [0, 0.1) is 0 Å². The Bertz CT molecular complexity index is 1140. The van der Waals surface area contributed by atoms with E-state index in [0.717, 1.165) is 0 Å². The third-order valence-corrected chi connectivity index (χ3v) is 6.12. The standard InChI is InChI=1S/C22H16Cl2F3NO2/c23-17-8-7-12(10-18(17)24)20-11-15-16(22(25,26)27)5-2-6-19(15)28(20)14-4-1-3-13(9-14)21(29)30/h1,3-4,7-11,16H,2,5-6H2,(H,29,30). The molecule has 0 spiro atoms. The summed E-state index contributed by atoms with van der Waals surface area (Å²) in [6.45, 7) is 0. The molecule has 1 heterocycles. The summed E-state index contributed by atoms with van der Waals surface area (Å²) in [5, 5.41) is 9.98. The molecule has 1 aliphatic rings. The van der Waals surface area contributed by atoms with E-state index in [0.29, 0.717) is 40.5 Å². The molecule has 1 aromatic heterocycles. The summed E-state index contributed by atoms with van der Waals surface area (Å²) < 4.78 is 42.9. The van der Waals surface area contributed by atoms with Gasteiger partial charge in [-0.15, -0.1) is 0 Å². The van der Waals surface area contributed by atoms with E-state index in [1.54, 1.807) is 41.0 Å². The van der Waals surface area contributed by atoms with Gasteiger partial charge in [-0.2, -0.15) is 13.2 Å². The molecule has 0 aliphatic heterocycles. The first-order valence-electron chi connectivity index (χ1n) is 9.27. The van der Waals surface area contributed by atoms with Gasteiger partial charge in [-0.1, -0.05) is 35.3 Å². The van der Waals surface area contributed by atoms with Crippen molar-refractivity contribution < 1.29 is 23.1 Å². The van der Waals surface area contributed by atoms with Crippen molar-refractivity contribution in [3.63, 3.8) is 0 Å². The van der Waals surface area contributed by atoms with Gasteiger partial charge in [-0.25, -0.2) is 4.79 Å². The lowest BCUT2D eigenvalue weighted by Gasteiger charge is -2.26. The van der Waals surface area contributed by atoms with Crippen molar-refractivity contribution in [1.29, 1.82) is 0 Å². The van der Waals surface area contributed by atoms with Gasteiger partial charge in [0, 0.05) is 16.9 Å². The van der Waals surface area contributed by atoms with Crippen molar-refractivity contribution in [2.24, 2.45) is 0 Å². The lowest BCUT2D eigenvalue weighted by molar-refractivity contribution is -0.153. The van der Waals surface area contributed by atoms with E-state index in [4.69, 9.17) is 23.2 Å². The number of carboxylic acid groups (broad SMARTS) is 1. The summed E-state index contributed by atoms with van der Waals surface area (Å²) in [7, 11) is 0. The Labute approximate surface area is 180 Å². The Balaban J connectivity index is 2.00. The van der Waals surface area contributed by atoms with Crippen LogP contribution in [0.5, 0.6) is 0 Å². The van der Waals surface area contributed by atoms with Crippen LogP contribution in [0.2, 0.25) is 10.0 Å². The molecule has 0 saturated carbocycles. The van der Waals surface area contributed by atoms with Gasteiger partial charge in [0.2, 0.25) is 0 Å². The second kappa shape index (κ2) is 7.67. The SMILES string of the molecule is O=C(O)c1cccc(-n2c(-c3ccc(Cl)c(Cl)c3)cc3c2CCCC3C(F)(F)F)c1. The maximum atomic E-state index is 13.7. The number of alkyl halides is 3. The molecule has 1 atom stereocenters. The number of fused-ring (bicyclic) bond motifs is 1. The zero-order valence-corrected chi connectivity index (χ0v) is 17.0. The zero-order valence-electron chi connectivity index (χ0n) is 15.5. The highest BCUT2D eigenvalue weighted by atomic mass is 35.5. The molecule has 2 aromatic carbocycles. The van der Waals surface area contributed by atoms with Gasteiger partial charge in [0.15, 0.2) is 0 Å². The minimum Gasteiger partial charge on any atom is -0.478 e. The Morgan fingerprint density at radius 3 is 2.50 bits per heavy atom. The molecule has 30 heavy (non-hydrogen) atoms. The predicted molar refractivity (Wildman–Crippen MR) is 110 cm³/mol. The summed E-state index contributed by atoms with van der Waals surface area (Å²) in [4.78, 5) is 11.4. The van der Waals surface area contributed by atoms with E-state index in [9.17, 15) is 23.1 Å². The second-order valence-electron chi connectivity index (χ2n) is 7.24. The normalized spacial score (nSPS) is 16.4. The predicted octanol–water partition coefficient (Wildman–Crippen LogP) is 7.13. The summed E-state index contributed by atoms with van der Waals surface area (Å²) in [5.41, 5.74) is 2.40. The Morgan fingerprint density at radius 1 is 1.07 bits per heavy atom. The number of carboxylic acids is 1. The maximum Gasteiger partial charge on any atom is 0.395 e. The van der Waals surface area contributed by atoms with E-state index >= 15 is 0 Å². The Morgan fingerprint density at radius 2 is 1.83 bits per heavy atom. The van der Waals surface area contributed by atoms with Crippen LogP contribution in [-0.2, 0) is 6.42 Å². The Kier molecular flexibility index (Phi) is 5.32. The first-order valence-corrected chi connectivity index (χ1v) is 10.0. The van der Waals surface area contributed by atoms with E-state index in [1.165, 1.54) is 12.1 Å². The molecule has 0 fully saturated rings. The van der Waals surface area contributed by atoms with Crippen molar-refractivity contribution in [3.8, 4) is 16.9 Å². The number of nitrogens with zero attached hydrogens (tertiary/aromatic N) is 1. The van der Waals surface area contributed by atoms with Gasteiger partial charge < -0.3 is 9.67 Å². The first kappa shape index (κ1) is 20.8. The highest BCUT2D eigenvalue weighted by molar-refractivity contribution is 6.42. The van der Waals surface area contributed by atoms with Gasteiger partial charge in [0.05, 0.1) is 27.2 Å². The second-order valence-corrected chi connectivity index (χ2v) is 8.05. The number of carbonyl (C=O) groups is 1. The van der Waals surface area contributed by atoms with Crippen LogP contribution in [0.3, 0.4) is 0 Å². The lowest BCUT2D eigenvalue weighted by atomic mass is 9.86.